The first kappa shape index (κ1) is 36.4. The van der Waals surface area contributed by atoms with Gasteiger partial charge >= 0.3 is 0 Å². The quantitative estimate of drug-likeness (QED) is 0.176. The van der Waals surface area contributed by atoms with Crippen LogP contribution in [0.2, 0.25) is 0 Å². The summed E-state index contributed by atoms with van der Waals surface area (Å²) in [6.07, 6.45) is 3.76. The Morgan fingerprint density at radius 2 is 0.562 bits per heavy atom. The molecule has 0 atom stereocenters. The fraction of sp³-hybridized carbons (Fsp3) is 0.0328. The van der Waals surface area contributed by atoms with Crippen LogP contribution >= 0.6 is 0 Å². The average Bonchev–Trinajstić information content (AvgIpc) is 3.38. The van der Waals surface area contributed by atoms with Crippen LogP contribution in [-0.4, -0.2) is 4.98 Å². The highest BCUT2D eigenvalue weighted by atomic mass is 15.2. The summed E-state index contributed by atoms with van der Waals surface area (Å²) >= 11 is 0. The highest BCUT2D eigenvalue weighted by Gasteiger charge is 2.58. The van der Waals surface area contributed by atoms with E-state index in [2.05, 4.69) is 251 Å². The monoisotopic (exact) mass is 815 g/mol. The number of pyridine rings is 1. The first-order valence-corrected chi connectivity index (χ1v) is 22.1. The summed E-state index contributed by atoms with van der Waals surface area (Å²) in [4.78, 5) is 9.33. The van der Waals surface area contributed by atoms with Gasteiger partial charge in [-0.3, -0.25) is 4.98 Å². The molecule has 2 aliphatic heterocycles. The molecule has 0 unspecified atom stereocenters. The zero-order valence-corrected chi connectivity index (χ0v) is 35.0. The number of hydrogen-bond donors (Lipinski definition) is 0. The second-order valence-electron chi connectivity index (χ2n) is 17.0. The largest absolute Gasteiger partial charge is 0.310 e. The van der Waals surface area contributed by atoms with Gasteiger partial charge in [-0.2, -0.15) is 0 Å². The highest BCUT2D eigenvalue weighted by Crippen LogP contribution is 2.68. The van der Waals surface area contributed by atoms with E-state index in [9.17, 15) is 0 Å². The summed E-state index contributed by atoms with van der Waals surface area (Å²) in [5.41, 5.74) is 20.5. The summed E-state index contributed by atoms with van der Waals surface area (Å²) in [5, 5.41) is 0. The van der Waals surface area contributed by atoms with Crippen molar-refractivity contribution in [2.24, 2.45) is 0 Å². The van der Waals surface area contributed by atoms with Crippen molar-refractivity contribution in [3.63, 3.8) is 0 Å². The van der Waals surface area contributed by atoms with Crippen LogP contribution in [0.1, 0.15) is 44.5 Å². The van der Waals surface area contributed by atoms with Gasteiger partial charge < -0.3 is 9.80 Å². The molecule has 3 heterocycles. The SMILES string of the molecule is c1ccc(-c2cc(-c3ccncc3)cc(N3c4ccccc4C4(c5ccccc53)c3ccccc3C3(c5ccccc5N(c5ccccc5)c5ccccc53)c3ccccc34)c2)cc1. The Bertz CT molecular complexity index is 3210. The van der Waals surface area contributed by atoms with Crippen molar-refractivity contribution in [2.45, 2.75) is 10.8 Å². The first-order valence-electron chi connectivity index (χ1n) is 22.1. The van der Waals surface area contributed by atoms with Crippen molar-refractivity contribution in [3.8, 4) is 22.3 Å². The van der Waals surface area contributed by atoms with Crippen LogP contribution in [0.5, 0.6) is 0 Å². The Kier molecular flexibility index (Phi) is 8.04. The molecule has 3 nitrogen and oxygen atoms in total. The summed E-state index contributed by atoms with van der Waals surface area (Å²) in [6.45, 7) is 0. The second-order valence-corrected chi connectivity index (χ2v) is 17.0. The number of para-hydroxylation sites is 5. The Morgan fingerprint density at radius 3 is 0.969 bits per heavy atom. The number of nitrogens with zero attached hydrogens (tertiary/aromatic N) is 3. The minimum Gasteiger partial charge on any atom is -0.310 e. The second kappa shape index (κ2) is 14.1. The van der Waals surface area contributed by atoms with Crippen molar-refractivity contribution in [2.75, 3.05) is 9.80 Å². The van der Waals surface area contributed by atoms with Crippen molar-refractivity contribution >= 4 is 34.1 Å². The van der Waals surface area contributed by atoms with Gasteiger partial charge in [0.2, 0.25) is 0 Å². The average molecular weight is 816 g/mol. The molecule has 3 aliphatic rings. The number of rotatable bonds is 4. The molecule has 0 fully saturated rings. The number of hydrogen-bond acceptors (Lipinski definition) is 3. The topological polar surface area (TPSA) is 19.4 Å². The lowest BCUT2D eigenvalue weighted by Crippen LogP contribution is -2.49. The molecule has 0 bridgehead atoms. The third-order valence-corrected chi connectivity index (χ3v) is 14.0. The van der Waals surface area contributed by atoms with Crippen molar-refractivity contribution in [1.29, 1.82) is 0 Å². The van der Waals surface area contributed by atoms with Crippen LogP contribution in [0.3, 0.4) is 0 Å². The number of aromatic nitrogens is 1. The lowest BCUT2D eigenvalue weighted by Gasteiger charge is -2.56. The van der Waals surface area contributed by atoms with Gasteiger partial charge in [0.05, 0.1) is 33.6 Å². The molecular formula is C61H41N3. The molecule has 1 aliphatic carbocycles. The molecule has 10 aromatic rings. The van der Waals surface area contributed by atoms with E-state index >= 15 is 0 Å². The minimum atomic E-state index is -0.659. The molecule has 9 aromatic carbocycles. The first-order chi connectivity index (χ1) is 31.8. The Labute approximate surface area is 373 Å². The molecule has 300 valence electrons. The van der Waals surface area contributed by atoms with E-state index in [0.717, 1.165) is 39.4 Å². The lowest BCUT2D eigenvalue weighted by atomic mass is 9.49. The highest BCUT2D eigenvalue weighted by molar-refractivity contribution is 5.96. The number of anilines is 6. The third kappa shape index (κ3) is 4.95. The predicted molar refractivity (Wildman–Crippen MR) is 262 cm³/mol. The van der Waals surface area contributed by atoms with E-state index in [1.54, 1.807) is 0 Å². The molecule has 13 rings (SSSR count). The molecule has 0 saturated carbocycles. The molecule has 0 N–H and O–H groups in total. The number of fused-ring (bicyclic) bond motifs is 14. The van der Waals surface area contributed by atoms with Gasteiger partial charge in [-0.25, -0.2) is 0 Å². The van der Waals surface area contributed by atoms with Gasteiger partial charge in [-0.15, -0.1) is 0 Å². The summed E-state index contributed by atoms with van der Waals surface area (Å²) in [7, 11) is 0. The van der Waals surface area contributed by atoms with Crippen molar-refractivity contribution in [3.05, 3.63) is 293 Å². The van der Waals surface area contributed by atoms with Gasteiger partial charge in [0, 0.05) is 23.8 Å². The molecule has 64 heavy (non-hydrogen) atoms. The van der Waals surface area contributed by atoms with Gasteiger partial charge in [-0.05, 0) is 133 Å². The van der Waals surface area contributed by atoms with E-state index in [0.29, 0.717) is 0 Å². The van der Waals surface area contributed by atoms with Crippen LogP contribution in [0.25, 0.3) is 22.3 Å². The summed E-state index contributed by atoms with van der Waals surface area (Å²) in [5.74, 6) is 0. The van der Waals surface area contributed by atoms with Crippen LogP contribution < -0.4 is 9.80 Å². The van der Waals surface area contributed by atoms with E-state index < -0.39 is 10.8 Å². The minimum absolute atomic E-state index is 0.624. The third-order valence-electron chi connectivity index (χ3n) is 14.0. The van der Waals surface area contributed by atoms with Crippen LogP contribution in [0.4, 0.5) is 34.1 Å². The van der Waals surface area contributed by atoms with Gasteiger partial charge in [-0.1, -0.05) is 170 Å². The zero-order chi connectivity index (χ0) is 42.2. The van der Waals surface area contributed by atoms with E-state index in [4.69, 9.17) is 0 Å². The van der Waals surface area contributed by atoms with E-state index in [-0.39, 0.29) is 0 Å². The maximum Gasteiger partial charge on any atom is 0.0748 e. The maximum atomic E-state index is 4.37. The van der Waals surface area contributed by atoms with Crippen molar-refractivity contribution in [1.82, 2.24) is 4.98 Å². The van der Waals surface area contributed by atoms with Crippen molar-refractivity contribution < 1.29 is 0 Å². The van der Waals surface area contributed by atoms with Crippen LogP contribution in [0, 0.1) is 0 Å². The van der Waals surface area contributed by atoms with Crippen LogP contribution in [-0.2, 0) is 10.8 Å². The Morgan fingerprint density at radius 1 is 0.250 bits per heavy atom. The normalized spacial score (nSPS) is 14.4. The zero-order valence-electron chi connectivity index (χ0n) is 35.0. The van der Waals surface area contributed by atoms with E-state index in [1.165, 1.54) is 61.4 Å². The molecule has 3 heteroatoms. The Hall–Kier alpha value is -8.27. The van der Waals surface area contributed by atoms with Gasteiger partial charge in [0.15, 0.2) is 0 Å². The maximum absolute atomic E-state index is 4.37. The smallest absolute Gasteiger partial charge is 0.0748 e. The summed E-state index contributed by atoms with van der Waals surface area (Å²) < 4.78 is 0. The molecule has 2 spiro atoms. The number of benzene rings is 9. The standard InChI is InChI=1S/C61H41N3/c1-3-19-42(20-4-1)44-39-45(43-35-37-62-38-36-43)41-47(40-44)64-58-33-17-13-29-54(58)61(55-30-14-18-34-59(55)64)50-25-9-7-23-48(50)60(49-24-8-10-26-51(49)61)52-27-11-15-31-56(52)63(46-21-5-2-6-22-46)57-32-16-12-28-53(57)60/h1-41H. The molecule has 0 radical (unpaired) electrons. The molecule has 0 saturated heterocycles. The molecule has 0 amide bonds. The summed E-state index contributed by atoms with van der Waals surface area (Å²) in [6, 6.07) is 87.9. The fourth-order valence-electron chi connectivity index (χ4n) is 11.6. The van der Waals surface area contributed by atoms with Gasteiger partial charge in [0.1, 0.15) is 0 Å². The van der Waals surface area contributed by atoms with E-state index in [1.807, 2.05) is 12.4 Å². The lowest BCUT2D eigenvalue weighted by molar-refractivity contribution is 0.607. The Balaban J connectivity index is 1.12. The fourth-order valence-corrected chi connectivity index (χ4v) is 11.6. The van der Waals surface area contributed by atoms with Gasteiger partial charge in [0.25, 0.3) is 0 Å². The predicted octanol–water partition coefficient (Wildman–Crippen LogP) is 15.1. The molecule has 1 aromatic heterocycles. The van der Waals surface area contributed by atoms with Crippen LogP contribution in [0.15, 0.2) is 249 Å². The molecular weight excluding hydrogens is 775 g/mol.